The zero-order valence-corrected chi connectivity index (χ0v) is 12.5. The van der Waals surface area contributed by atoms with Crippen molar-refractivity contribution in [2.45, 2.75) is 24.8 Å². The molecule has 1 fully saturated rings. The van der Waals surface area contributed by atoms with Gasteiger partial charge in [0, 0.05) is 12.6 Å². The van der Waals surface area contributed by atoms with Crippen LogP contribution in [0.1, 0.15) is 12.5 Å². The van der Waals surface area contributed by atoms with Gasteiger partial charge in [-0.05, 0) is 31.5 Å². The Morgan fingerprint density at radius 1 is 1.47 bits per heavy atom. The minimum Gasteiger partial charge on any atom is -0.397 e. The maximum atomic E-state index is 12.7. The lowest BCUT2D eigenvalue weighted by molar-refractivity contribution is 0.0392. The highest BCUT2D eigenvalue weighted by atomic mass is 35.5. The van der Waals surface area contributed by atoms with Gasteiger partial charge in [-0.3, -0.25) is 0 Å². The average molecular weight is 305 g/mol. The third-order valence-corrected chi connectivity index (χ3v) is 5.67. The second-order valence-electron chi connectivity index (χ2n) is 4.68. The van der Waals surface area contributed by atoms with E-state index in [0.717, 1.165) is 0 Å². The molecule has 1 aromatic rings. The van der Waals surface area contributed by atoms with E-state index in [1.165, 1.54) is 10.4 Å². The van der Waals surface area contributed by atoms with Gasteiger partial charge in [0.2, 0.25) is 10.0 Å². The van der Waals surface area contributed by atoms with Crippen LogP contribution in [-0.4, -0.2) is 38.5 Å². The maximum Gasteiger partial charge on any atom is 0.243 e. The molecule has 0 saturated carbocycles. The van der Waals surface area contributed by atoms with E-state index < -0.39 is 10.0 Å². The molecule has 19 heavy (non-hydrogen) atoms. The maximum absolute atomic E-state index is 12.7. The number of aryl methyl sites for hydroxylation is 1. The molecule has 1 unspecified atom stereocenters. The summed E-state index contributed by atoms with van der Waals surface area (Å²) in [4.78, 5) is 0.211. The number of nitrogen functional groups attached to an aromatic ring is 1. The van der Waals surface area contributed by atoms with Crippen molar-refractivity contribution >= 4 is 27.3 Å². The van der Waals surface area contributed by atoms with Crippen molar-refractivity contribution in [3.05, 3.63) is 22.7 Å². The summed E-state index contributed by atoms with van der Waals surface area (Å²) in [6.07, 6.45) is 0. The van der Waals surface area contributed by atoms with Gasteiger partial charge in [0.1, 0.15) is 0 Å². The van der Waals surface area contributed by atoms with Crippen LogP contribution in [0, 0.1) is 6.92 Å². The minimum absolute atomic E-state index is 0.185. The number of halogens is 1. The Bertz CT molecular complexity index is 589. The zero-order chi connectivity index (χ0) is 14.2. The number of ether oxygens (including phenoxy) is 1. The highest BCUT2D eigenvalue weighted by molar-refractivity contribution is 7.89. The summed E-state index contributed by atoms with van der Waals surface area (Å²) >= 11 is 5.90. The average Bonchev–Trinajstić information content (AvgIpc) is 2.34. The van der Waals surface area contributed by atoms with Crippen LogP contribution in [0.2, 0.25) is 5.02 Å². The molecule has 1 atom stereocenters. The van der Waals surface area contributed by atoms with Crippen molar-refractivity contribution in [3.8, 4) is 0 Å². The lowest BCUT2D eigenvalue weighted by Gasteiger charge is -2.32. The molecule has 5 nitrogen and oxygen atoms in total. The van der Waals surface area contributed by atoms with E-state index in [2.05, 4.69) is 0 Å². The Morgan fingerprint density at radius 3 is 2.79 bits per heavy atom. The first-order valence-corrected chi connectivity index (χ1v) is 7.81. The molecule has 1 aliphatic rings. The number of hydrogen-bond acceptors (Lipinski definition) is 4. The highest BCUT2D eigenvalue weighted by Crippen LogP contribution is 2.29. The molecule has 0 radical (unpaired) electrons. The number of morpholine rings is 1. The Kier molecular flexibility index (Phi) is 4.06. The summed E-state index contributed by atoms with van der Waals surface area (Å²) < 4.78 is 32.0. The standard InChI is InChI=1S/C12H17ClN2O3S/c1-8-5-10(13)11(14)6-12(8)19(16,17)15-3-4-18-7-9(15)2/h5-6,9H,3-4,7,14H2,1-2H3. The monoisotopic (exact) mass is 304 g/mol. The summed E-state index contributed by atoms with van der Waals surface area (Å²) in [6, 6.07) is 2.82. The quantitative estimate of drug-likeness (QED) is 0.843. The summed E-state index contributed by atoms with van der Waals surface area (Å²) in [7, 11) is -3.57. The van der Waals surface area contributed by atoms with Crippen LogP contribution in [0.5, 0.6) is 0 Å². The van der Waals surface area contributed by atoms with E-state index >= 15 is 0 Å². The molecule has 2 N–H and O–H groups in total. The van der Waals surface area contributed by atoms with Crippen LogP contribution in [0.4, 0.5) is 5.69 Å². The van der Waals surface area contributed by atoms with E-state index in [1.54, 1.807) is 13.0 Å². The molecule has 0 amide bonds. The number of rotatable bonds is 2. The number of nitrogens with two attached hydrogens (primary N) is 1. The molecule has 1 aromatic carbocycles. The second-order valence-corrected chi connectivity index (χ2v) is 6.95. The molecule has 0 spiro atoms. The predicted molar refractivity (Wildman–Crippen MR) is 74.8 cm³/mol. The molecule has 7 heteroatoms. The van der Waals surface area contributed by atoms with E-state index in [4.69, 9.17) is 22.1 Å². The molecular weight excluding hydrogens is 288 g/mol. The SMILES string of the molecule is Cc1cc(Cl)c(N)cc1S(=O)(=O)N1CCOCC1C. The van der Waals surface area contributed by atoms with Gasteiger partial charge in [0.15, 0.2) is 0 Å². The molecule has 106 valence electrons. The lowest BCUT2D eigenvalue weighted by Crippen LogP contribution is -2.47. The number of sulfonamides is 1. The summed E-state index contributed by atoms with van der Waals surface area (Å²) in [6.45, 7) is 4.70. The third kappa shape index (κ3) is 2.72. The summed E-state index contributed by atoms with van der Waals surface area (Å²) in [5.74, 6) is 0. The first-order chi connectivity index (χ1) is 8.84. The van der Waals surface area contributed by atoms with E-state index in [0.29, 0.717) is 30.3 Å². The van der Waals surface area contributed by atoms with Gasteiger partial charge in [-0.2, -0.15) is 4.31 Å². The number of hydrogen-bond donors (Lipinski definition) is 1. The van der Waals surface area contributed by atoms with Crippen LogP contribution in [0.15, 0.2) is 17.0 Å². The van der Waals surface area contributed by atoms with Crippen molar-refractivity contribution in [2.24, 2.45) is 0 Å². The van der Waals surface area contributed by atoms with Gasteiger partial charge < -0.3 is 10.5 Å². The third-order valence-electron chi connectivity index (χ3n) is 3.19. The number of anilines is 1. The number of nitrogens with zero attached hydrogens (tertiary/aromatic N) is 1. The first kappa shape index (κ1) is 14.6. The second kappa shape index (κ2) is 5.28. The fourth-order valence-corrected chi connectivity index (χ4v) is 4.20. The van der Waals surface area contributed by atoms with Crippen LogP contribution in [0.25, 0.3) is 0 Å². The van der Waals surface area contributed by atoms with Crippen molar-refractivity contribution in [1.29, 1.82) is 0 Å². The minimum atomic E-state index is -3.57. The lowest BCUT2D eigenvalue weighted by atomic mass is 10.2. The van der Waals surface area contributed by atoms with Gasteiger partial charge in [-0.25, -0.2) is 8.42 Å². The Labute approximate surface area is 118 Å². The van der Waals surface area contributed by atoms with E-state index in [1.807, 2.05) is 6.92 Å². The predicted octanol–water partition coefficient (Wildman–Crippen LogP) is 1.64. The molecule has 0 aliphatic carbocycles. The molecule has 0 aromatic heterocycles. The number of benzene rings is 1. The van der Waals surface area contributed by atoms with Gasteiger partial charge in [0.05, 0.1) is 28.8 Å². The molecule has 2 rings (SSSR count). The summed E-state index contributed by atoms with van der Waals surface area (Å²) in [5.41, 5.74) is 6.58. The molecule has 1 aliphatic heterocycles. The van der Waals surface area contributed by atoms with Crippen LogP contribution < -0.4 is 5.73 Å². The molecule has 1 saturated heterocycles. The van der Waals surface area contributed by atoms with Crippen molar-refractivity contribution in [3.63, 3.8) is 0 Å². The molecular formula is C12H17ClN2O3S. The Hall–Kier alpha value is -0.820. The van der Waals surface area contributed by atoms with Gasteiger partial charge in [-0.1, -0.05) is 11.6 Å². The Balaban J connectivity index is 2.47. The zero-order valence-electron chi connectivity index (χ0n) is 10.9. The van der Waals surface area contributed by atoms with E-state index in [9.17, 15) is 8.42 Å². The topological polar surface area (TPSA) is 72.6 Å². The van der Waals surface area contributed by atoms with Crippen LogP contribution >= 0.6 is 11.6 Å². The van der Waals surface area contributed by atoms with Gasteiger partial charge in [0.25, 0.3) is 0 Å². The normalized spacial score (nSPS) is 21.5. The van der Waals surface area contributed by atoms with E-state index in [-0.39, 0.29) is 16.6 Å². The van der Waals surface area contributed by atoms with Gasteiger partial charge >= 0.3 is 0 Å². The van der Waals surface area contributed by atoms with Crippen molar-refractivity contribution in [2.75, 3.05) is 25.5 Å². The Morgan fingerprint density at radius 2 is 2.16 bits per heavy atom. The van der Waals surface area contributed by atoms with Crippen molar-refractivity contribution in [1.82, 2.24) is 4.31 Å². The largest absolute Gasteiger partial charge is 0.397 e. The van der Waals surface area contributed by atoms with Gasteiger partial charge in [-0.15, -0.1) is 0 Å². The highest BCUT2D eigenvalue weighted by Gasteiger charge is 2.32. The van der Waals surface area contributed by atoms with Crippen molar-refractivity contribution < 1.29 is 13.2 Å². The fraction of sp³-hybridized carbons (Fsp3) is 0.500. The van der Waals surface area contributed by atoms with Crippen LogP contribution in [0.3, 0.4) is 0 Å². The molecule has 1 heterocycles. The first-order valence-electron chi connectivity index (χ1n) is 5.99. The molecule has 0 bridgehead atoms. The fourth-order valence-electron chi connectivity index (χ4n) is 2.14. The summed E-state index contributed by atoms with van der Waals surface area (Å²) in [5, 5.41) is 0.367. The van der Waals surface area contributed by atoms with Crippen LogP contribution in [-0.2, 0) is 14.8 Å². The smallest absolute Gasteiger partial charge is 0.243 e.